The van der Waals surface area contributed by atoms with Gasteiger partial charge in [0.2, 0.25) is 5.88 Å². The van der Waals surface area contributed by atoms with Crippen LogP contribution in [0, 0.1) is 5.92 Å². The van der Waals surface area contributed by atoms with Crippen LogP contribution >= 0.6 is 0 Å². The molecule has 1 aromatic heterocycles. The maximum Gasteiger partial charge on any atom is 0.335 e. The van der Waals surface area contributed by atoms with Crippen molar-refractivity contribution in [3.05, 3.63) is 78.0 Å². The van der Waals surface area contributed by atoms with E-state index < -0.39 is 5.97 Å². The smallest absolute Gasteiger partial charge is 0.335 e. The molecule has 0 spiro atoms. The van der Waals surface area contributed by atoms with Crippen LogP contribution in [0.5, 0.6) is 11.6 Å². The lowest BCUT2D eigenvalue weighted by molar-refractivity contribution is 0.0697. The van der Waals surface area contributed by atoms with Gasteiger partial charge in [-0.25, -0.2) is 9.78 Å². The summed E-state index contributed by atoms with van der Waals surface area (Å²) in [5.74, 6) is 1.16. The van der Waals surface area contributed by atoms with Crippen LogP contribution in [0.3, 0.4) is 0 Å². The Morgan fingerprint density at radius 2 is 1.83 bits per heavy atom. The van der Waals surface area contributed by atoms with Crippen LogP contribution in [0.25, 0.3) is 11.1 Å². The summed E-state index contributed by atoms with van der Waals surface area (Å²) in [4.78, 5) is 15.3. The number of benzene rings is 2. The largest absolute Gasteiger partial charge is 0.489 e. The quantitative estimate of drug-likeness (QED) is 0.573. The average Bonchev–Trinajstić information content (AvgIpc) is 2.72. The lowest BCUT2D eigenvalue weighted by Crippen LogP contribution is -2.19. The molecule has 1 aliphatic rings. The van der Waals surface area contributed by atoms with Crippen molar-refractivity contribution in [2.75, 3.05) is 6.61 Å². The van der Waals surface area contributed by atoms with Crippen LogP contribution < -0.4 is 9.47 Å². The summed E-state index contributed by atoms with van der Waals surface area (Å²) in [7, 11) is 0. The molecule has 4 rings (SSSR count). The number of pyridine rings is 1. The molecule has 1 saturated carbocycles. The first kappa shape index (κ1) is 19.0. The third-order valence-corrected chi connectivity index (χ3v) is 5.20. The summed E-state index contributed by atoms with van der Waals surface area (Å²) in [6.07, 6.45) is 5.65. The van der Waals surface area contributed by atoms with Crippen molar-refractivity contribution < 1.29 is 19.4 Å². The second-order valence-corrected chi connectivity index (χ2v) is 7.31. The predicted octanol–water partition coefficient (Wildman–Crippen LogP) is 5.20. The molecule has 5 heteroatoms. The Morgan fingerprint density at radius 3 is 2.48 bits per heavy atom. The van der Waals surface area contributed by atoms with Gasteiger partial charge < -0.3 is 14.6 Å². The van der Waals surface area contributed by atoms with Crippen molar-refractivity contribution in [3.8, 4) is 22.8 Å². The first-order chi connectivity index (χ1) is 14.2. The molecule has 0 bridgehead atoms. The molecule has 1 aliphatic carbocycles. The first-order valence-corrected chi connectivity index (χ1v) is 9.82. The summed E-state index contributed by atoms with van der Waals surface area (Å²) >= 11 is 0. The fourth-order valence-corrected chi connectivity index (χ4v) is 3.17. The number of ether oxygens (including phenoxy) is 2. The predicted molar refractivity (Wildman–Crippen MR) is 110 cm³/mol. The van der Waals surface area contributed by atoms with Crippen molar-refractivity contribution >= 4 is 5.97 Å². The molecule has 0 aliphatic heterocycles. The van der Waals surface area contributed by atoms with Gasteiger partial charge in [-0.3, -0.25) is 0 Å². The van der Waals surface area contributed by atoms with Gasteiger partial charge in [-0.1, -0.05) is 30.7 Å². The molecule has 2 aromatic carbocycles. The summed E-state index contributed by atoms with van der Waals surface area (Å²) in [5.41, 5.74) is 3.19. The highest BCUT2D eigenvalue weighted by Crippen LogP contribution is 2.28. The standard InChI is InChI=1S/C24H23NO4/c26-24(27)19-9-7-18(8-10-19)15-28-22-6-2-5-20(13-22)21-11-12-23(25-14-21)29-16-17-3-1-4-17/h2,5-14,17H,1,3-4,15-16H2,(H,26,27). The van der Waals surface area contributed by atoms with Crippen LogP contribution in [0.15, 0.2) is 66.9 Å². The van der Waals surface area contributed by atoms with Gasteiger partial charge in [0.1, 0.15) is 12.4 Å². The zero-order valence-corrected chi connectivity index (χ0v) is 16.1. The van der Waals surface area contributed by atoms with Crippen LogP contribution in [-0.2, 0) is 6.61 Å². The summed E-state index contributed by atoms with van der Waals surface area (Å²) < 4.78 is 11.6. The highest BCUT2D eigenvalue weighted by atomic mass is 16.5. The summed E-state index contributed by atoms with van der Waals surface area (Å²) in [5, 5.41) is 8.96. The number of hydrogen-bond donors (Lipinski definition) is 1. The van der Waals surface area contributed by atoms with Gasteiger partial charge >= 0.3 is 5.97 Å². The molecule has 0 radical (unpaired) electrons. The molecule has 0 unspecified atom stereocenters. The minimum absolute atomic E-state index is 0.267. The molecule has 5 nitrogen and oxygen atoms in total. The van der Waals surface area contributed by atoms with Crippen LogP contribution in [-0.4, -0.2) is 22.7 Å². The SMILES string of the molecule is O=C(O)c1ccc(COc2cccc(-c3ccc(OCC4CCC4)nc3)c2)cc1. The average molecular weight is 389 g/mol. The third-order valence-electron chi connectivity index (χ3n) is 5.20. The number of aromatic nitrogens is 1. The Labute approximate surface area is 169 Å². The number of hydrogen-bond acceptors (Lipinski definition) is 4. The Bertz CT molecular complexity index is 963. The maximum atomic E-state index is 10.9. The number of nitrogens with zero attached hydrogens (tertiary/aromatic N) is 1. The van der Waals surface area contributed by atoms with Crippen LogP contribution in [0.4, 0.5) is 0 Å². The monoisotopic (exact) mass is 389 g/mol. The number of carboxylic acid groups (broad SMARTS) is 1. The van der Waals surface area contributed by atoms with E-state index in [-0.39, 0.29) is 5.56 Å². The van der Waals surface area contributed by atoms with Crippen molar-refractivity contribution in [1.29, 1.82) is 0 Å². The molecule has 0 amide bonds. The Morgan fingerprint density at radius 1 is 1.00 bits per heavy atom. The highest BCUT2D eigenvalue weighted by molar-refractivity contribution is 5.87. The zero-order chi connectivity index (χ0) is 20.1. The van der Waals surface area contributed by atoms with Gasteiger partial charge in [0, 0.05) is 17.8 Å². The number of rotatable bonds is 8. The molecular formula is C24H23NO4. The summed E-state index contributed by atoms with van der Waals surface area (Å²) in [6, 6.07) is 18.4. The Kier molecular flexibility index (Phi) is 5.75. The van der Waals surface area contributed by atoms with Gasteiger partial charge in [-0.15, -0.1) is 0 Å². The van der Waals surface area contributed by atoms with Crippen molar-refractivity contribution in [1.82, 2.24) is 4.98 Å². The van der Waals surface area contributed by atoms with E-state index in [1.807, 2.05) is 42.6 Å². The minimum Gasteiger partial charge on any atom is -0.489 e. The maximum absolute atomic E-state index is 10.9. The molecular weight excluding hydrogens is 366 g/mol. The number of carbonyl (C=O) groups is 1. The van der Waals surface area contributed by atoms with Gasteiger partial charge in [0.05, 0.1) is 12.2 Å². The van der Waals surface area contributed by atoms with Crippen molar-refractivity contribution in [2.45, 2.75) is 25.9 Å². The highest BCUT2D eigenvalue weighted by Gasteiger charge is 2.18. The van der Waals surface area contributed by atoms with Gasteiger partial charge in [-0.2, -0.15) is 0 Å². The second-order valence-electron chi connectivity index (χ2n) is 7.31. The zero-order valence-electron chi connectivity index (χ0n) is 16.1. The molecule has 0 saturated heterocycles. The van der Waals surface area contributed by atoms with Crippen molar-refractivity contribution in [3.63, 3.8) is 0 Å². The lowest BCUT2D eigenvalue weighted by Gasteiger charge is -2.24. The topological polar surface area (TPSA) is 68.7 Å². The van der Waals surface area contributed by atoms with E-state index in [4.69, 9.17) is 14.6 Å². The molecule has 3 aromatic rings. The second kappa shape index (κ2) is 8.78. The van der Waals surface area contributed by atoms with E-state index in [2.05, 4.69) is 4.98 Å². The van der Waals surface area contributed by atoms with Crippen LogP contribution in [0.2, 0.25) is 0 Å². The molecule has 148 valence electrons. The van der Waals surface area contributed by atoms with Gasteiger partial charge in [-0.05, 0) is 60.2 Å². The van der Waals surface area contributed by atoms with E-state index >= 15 is 0 Å². The van der Waals surface area contributed by atoms with E-state index in [0.29, 0.717) is 18.4 Å². The molecule has 1 heterocycles. The molecule has 0 atom stereocenters. The number of aromatic carboxylic acids is 1. The number of carboxylic acids is 1. The van der Waals surface area contributed by atoms with Gasteiger partial charge in [0.15, 0.2) is 0 Å². The molecule has 1 N–H and O–H groups in total. The van der Waals surface area contributed by atoms with Crippen LogP contribution in [0.1, 0.15) is 35.2 Å². The Balaban J connectivity index is 1.36. The first-order valence-electron chi connectivity index (χ1n) is 9.82. The van der Waals surface area contributed by atoms with E-state index in [0.717, 1.165) is 29.0 Å². The van der Waals surface area contributed by atoms with E-state index in [9.17, 15) is 4.79 Å². The fraction of sp³-hybridized carbons (Fsp3) is 0.250. The minimum atomic E-state index is -0.932. The third kappa shape index (κ3) is 4.93. The molecule has 1 fully saturated rings. The normalized spacial score (nSPS) is 13.5. The van der Waals surface area contributed by atoms with Gasteiger partial charge in [0.25, 0.3) is 0 Å². The fourth-order valence-electron chi connectivity index (χ4n) is 3.17. The Hall–Kier alpha value is -3.34. The van der Waals surface area contributed by atoms with Crippen molar-refractivity contribution in [2.24, 2.45) is 5.92 Å². The summed E-state index contributed by atoms with van der Waals surface area (Å²) in [6.45, 7) is 1.12. The lowest BCUT2D eigenvalue weighted by atomic mass is 9.86. The van der Waals surface area contributed by atoms with E-state index in [1.54, 1.807) is 24.3 Å². The molecule has 29 heavy (non-hydrogen) atoms. The van der Waals surface area contributed by atoms with E-state index in [1.165, 1.54) is 19.3 Å².